The predicted molar refractivity (Wildman–Crippen MR) is 89.0 cm³/mol. The lowest BCUT2D eigenvalue weighted by atomic mass is 9.93. The van der Waals surface area contributed by atoms with Crippen LogP contribution in [0.3, 0.4) is 0 Å². The number of rotatable bonds is 5. The number of piperidine rings is 1. The molecule has 24 heavy (non-hydrogen) atoms. The Bertz CT molecular complexity index is 696. The molecule has 0 N–H and O–H groups in total. The van der Waals surface area contributed by atoms with Crippen LogP contribution in [-0.2, 0) is 11.2 Å². The summed E-state index contributed by atoms with van der Waals surface area (Å²) in [4.78, 5) is 18.3. The van der Waals surface area contributed by atoms with Gasteiger partial charge in [0.25, 0.3) is 5.91 Å². The van der Waals surface area contributed by atoms with Crippen molar-refractivity contribution in [1.29, 1.82) is 0 Å². The van der Waals surface area contributed by atoms with Crippen molar-refractivity contribution >= 4 is 17.5 Å². The number of aromatic nitrogens is 2. The van der Waals surface area contributed by atoms with Crippen LogP contribution >= 0.6 is 11.6 Å². The van der Waals surface area contributed by atoms with E-state index in [1.165, 1.54) is 0 Å². The molecule has 2 aromatic rings. The molecule has 1 aromatic heterocycles. The Morgan fingerprint density at radius 1 is 1.42 bits per heavy atom. The first-order valence-electron chi connectivity index (χ1n) is 8.05. The zero-order valence-corrected chi connectivity index (χ0v) is 14.3. The molecule has 6 nitrogen and oxygen atoms in total. The van der Waals surface area contributed by atoms with Crippen LogP contribution in [0.1, 0.15) is 24.6 Å². The molecule has 1 fully saturated rings. The molecule has 1 aliphatic heterocycles. The van der Waals surface area contributed by atoms with Crippen LogP contribution in [-0.4, -0.2) is 40.6 Å². The minimum atomic E-state index is 0.00355. The fraction of sp³-hybridized carbons (Fsp3) is 0.471. The number of amides is 1. The molecular weight excluding hydrogens is 330 g/mol. The maximum Gasteiger partial charge on any atom is 0.260 e. The molecule has 0 aliphatic carbocycles. The van der Waals surface area contributed by atoms with Crippen LogP contribution in [0.2, 0.25) is 5.02 Å². The summed E-state index contributed by atoms with van der Waals surface area (Å²) < 4.78 is 10.5. The lowest BCUT2D eigenvalue weighted by Gasteiger charge is -2.31. The highest BCUT2D eigenvalue weighted by atomic mass is 35.5. The van der Waals surface area contributed by atoms with Gasteiger partial charge in [-0.25, -0.2) is 0 Å². The maximum absolute atomic E-state index is 12.3. The average Bonchev–Trinajstić information content (AvgIpc) is 2.98. The molecule has 0 bridgehead atoms. The lowest BCUT2D eigenvalue weighted by Crippen LogP contribution is -2.41. The molecular formula is C17H20ClN3O3. The highest BCUT2D eigenvalue weighted by molar-refractivity contribution is 6.30. The van der Waals surface area contributed by atoms with E-state index < -0.39 is 0 Å². The van der Waals surface area contributed by atoms with Crippen LogP contribution in [0.4, 0.5) is 0 Å². The van der Waals surface area contributed by atoms with Crippen molar-refractivity contribution in [2.75, 3.05) is 19.7 Å². The summed E-state index contributed by atoms with van der Waals surface area (Å²) in [6.07, 6.45) is 2.69. The van der Waals surface area contributed by atoms with Crippen LogP contribution in [0, 0.1) is 12.8 Å². The topological polar surface area (TPSA) is 68.5 Å². The predicted octanol–water partition coefficient (Wildman–Crippen LogP) is 2.89. The molecule has 1 aliphatic rings. The van der Waals surface area contributed by atoms with Gasteiger partial charge in [0.05, 0.1) is 0 Å². The number of nitrogens with zero attached hydrogens (tertiary/aromatic N) is 3. The first kappa shape index (κ1) is 16.8. The number of likely N-dealkylation sites (tertiary alicyclic amines) is 1. The highest BCUT2D eigenvalue weighted by Gasteiger charge is 2.24. The van der Waals surface area contributed by atoms with Gasteiger partial charge in [0, 0.05) is 31.5 Å². The van der Waals surface area contributed by atoms with E-state index in [4.69, 9.17) is 20.9 Å². The van der Waals surface area contributed by atoms with Gasteiger partial charge in [-0.1, -0.05) is 22.8 Å². The van der Waals surface area contributed by atoms with E-state index in [1.54, 1.807) is 31.2 Å². The number of hydrogen-bond donors (Lipinski definition) is 0. The molecule has 2 heterocycles. The summed E-state index contributed by atoms with van der Waals surface area (Å²) >= 11 is 5.90. The minimum Gasteiger partial charge on any atom is -0.484 e. The molecule has 0 radical (unpaired) electrons. The van der Waals surface area contributed by atoms with Crippen molar-refractivity contribution in [3.63, 3.8) is 0 Å². The zero-order chi connectivity index (χ0) is 16.9. The van der Waals surface area contributed by atoms with Crippen LogP contribution in [0.5, 0.6) is 5.75 Å². The van der Waals surface area contributed by atoms with Gasteiger partial charge >= 0.3 is 0 Å². The van der Waals surface area contributed by atoms with E-state index in [9.17, 15) is 4.79 Å². The lowest BCUT2D eigenvalue weighted by molar-refractivity contribution is -0.134. The first-order chi connectivity index (χ1) is 11.6. The molecule has 0 atom stereocenters. The van der Waals surface area contributed by atoms with Crippen LogP contribution in [0.25, 0.3) is 0 Å². The smallest absolute Gasteiger partial charge is 0.260 e. The molecule has 128 valence electrons. The Labute approximate surface area is 145 Å². The van der Waals surface area contributed by atoms with E-state index in [1.807, 2.05) is 4.90 Å². The molecule has 0 unspecified atom stereocenters. The Morgan fingerprint density at radius 2 is 2.21 bits per heavy atom. The van der Waals surface area contributed by atoms with E-state index >= 15 is 0 Å². The number of ether oxygens (including phenoxy) is 1. The molecule has 7 heteroatoms. The van der Waals surface area contributed by atoms with Gasteiger partial charge in [-0.05, 0) is 37.0 Å². The monoisotopic (exact) mass is 349 g/mol. The van der Waals surface area contributed by atoms with Gasteiger partial charge in [-0.2, -0.15) is 4.98 Å². The number of hydrogen-bond acceptors (Lipinski definition) is 5. The minimum absolute atomic E-state index is 0.00355. The molecule has 3 rings (SSSR count). The van der Waals surface area contributed by atoms with E-state index in [2.05, 4.69) is 10.1 Å². The molecule has 1 amide bonds. The number of aryl methyl sites for hydroxylation is 1. The van der Waals surface area contributed by atoms with Crippen LogP contribution < -0.4 is 4.74 Å². The van der Waals surface area contributed by atoms with Gasteiger partial charge < -0.3 is 14.2 Å². The van der Waals surface area contributed by atoms with Crippen molar-refractivity contribution < 1.29 is 14.1 Å². The average molecular weight is 350 g/mol. The third-order valence-electron chi connectivity index (χ3n) is 4.17. The number of halogens is 1. The second-order valence-electron chi connectivity index (χ2n) is 6.00. The van der Waals surface area contributed by atoms with E-state index in [0.717, 1.165) is 38.2 Å². The Kier molecular flexibility index (Phi) is 5.35. The summed E-state index contributed by atoms with van der Waals surface area (Å²) in [7, 11) is 0. The third kappa shape index (κ3) is 4.47. The number of benzene rings is 1. The molecule has 1 saturated heterocycles. The maximum atomic E-state index is 12.3. The second-order valence-corrected chi connectivity index (χ2v) is 6.44. The number of carbonyl (C=O) groups excluding carboxylic acids is 1. The Morgan fingerprint density at radius 3 is 2.88 bits per heavy atom. The molecule has 0 saturated carbocycles. The van der Waals surface area contributed by atoms with Crippen molar-refractivity contribution in [2.24, 2.45) is 5.92 Å². The second kappa shape index (κ2) is 7.66. The Balaban J connectivity index is 1.43. The van der Waals surface area contributed by atoms with Crippen LogP contribution in [0.15, 0.2) is 28.8 Å². The molecule has 0 spiro atoms. The van der Waals surface area contributed by atoms with E-state index in [0.29, 0.717) is 22.6 Å². The first-order valence-corrected chi connectivity index (χ1v) is 8.43. The van der Waals surface area contributed by atoms with Crippen molar-refractivity contribution in [2.45, 2.75) is 26.2 Å². The summed E-state index contributed by atoms with van der Waals surface area (Å²) in [6.45, 7) is 3.30. The molecule has 1 aromatic carbocycles. The van der Waals surface area contributed by atoms with Crippen molar-refractivity contribution in [3.8, 4) is 5.75 Å². The van der Waals surface area contributed by atoms with Gasteiger partial charge in [0.1, 0.15) is 5.75 Å². The summed E-state index contributed by atoms with van der Waals surface area (Å²) in [5, 5.41) is 4.53. The standard InChI is InChI=1S/C17H20ClN3O3/c1-12-19-16(20-24-12)9-13-5-7-21(8-6-13)17(22)11-23-15-4-2-3-14(18)10-15/h2-4,10,13H,5-9,11H2,1H3. The summed E-state index contributed by atoms with van der Waals surface area (Å²) in [5.41, 5.74) is 0. The highest BCUT2D eigenvalue weighted by Crippen LogP contribution is 2.21. The summed E-state index contributed by atoms with van der Waals surface area (Å²) in [6, 6.07) is 7.06. The zero-order valence-electron chi connectivity index (χ0n) is 13.6. The van der Waals surface area contributed by atoms with Gasteiger partial charge in [0.2, 0.25) is 5.89 Å². The van der Waals surface area contributed by atoms with Crippen molar-refractivity contribution in [1.82, 2.24) is 15.0 Å². The van der Waals surface area contributed by atoms with E-state index in [-0.39, 0.29) is 12.5 Å². The third-order valence-corrected chi connectivity index (χ3v) is 4.40. The largest absolute Gasteiger partial charge is 0.484 e. The van der Waals surface area contributed by atoms with Gasteiger partial charge in [0.15, 0.2) is 12.4 Å². The summed E-state index contributed by atoms with van der Waals surface area (Å²) in [5.74, 6) is 2.44. The SMILES string of the molecule is Cc1nc(CC2CCN(C(=O)COc3cccc(Cl)c3)CC2)no1. The quantitative estimate of drug-likeness (QED) is 0.830. The fourth-order valence-corrected chi connectivity index (χ4v) is 3.04. The van der Waals surface area contributed by atoms with Crippen molar-refractivity contribution in [3.05, 3.63) is 41.0 Å². The Hall–Kier alpha value is -2.08. The fourth-order valence-electron chi connectivity index (χ4n) is 2.86. The normalized spacial score (nSPS) is 15.5. The number of carbonyl (C=O) groups is 1. The van der Waals surface area contributed by atoms with Gasteiger partial charge in [-0.15, -0.1) is 0 Å². The van der Waals surface area contributed by atoms with Gasteiger partial charge in [-0.3, -0.25) is 4.79 Å².